The van der Waals surface area contributed by atoms with E-state index in [-0.39, 0.29) is 55.1 Å². The average Bonchev–Trinajstić information content (AvgIpc) is 2.92. The molecule has 7 nitrogen and oxygen atoms in total. The van der Waals surface area contributed by atoms with Gasteiger partial charge in [-0.25, -0.2) is 0 Å². The molecule has 2 heterocycles. The van der Waals surface area contributed by atoms with Crippen LogP contribution < -0.4 is 20.7 Å². The summed E-state index contributed by atoms with van der Waals surface area (Å²) in [4.78, 5) is 19.6. The van der Waals surface area contributed by atoms with Crippen molar-refractivity contribution in [2.24, 2.45) is 5.73 Å². The van der Waals surface area contributed by atoms with Crippen molar-refractivity contribution in [1.29, 1.82) is 5.41 Å². The number of halogens is 3. The molecular formula is C29H32Cl3N5O2. The Hall–Kier alpha value is -3.36. The number of piperidine rings is 1. The lowest BCUT2D eigenvalue weighted by molar-refractivity contribution is 0.0980. The first-order chi connectivity index (χ1) is 17.6. The highest BCUT2D eigenvalue weighted by Crippen LogP contribution is 2.26. The number of carbonyl (C=O) groups is 1. The zero-order chi connectivity index (χ0) is 24.9. The Balaban J connectivity index is 0.00000178. The predicted octanol–water partition coefficient (Wildman–Crippen LogP) is 5.76. The van der Waals surface area contributed by atoms with Gasteiger partial charge in [0.1, 0.15) is 23.4 Å². The molecular weight excluding hydrogens is 557 g/mol. The van der Waals surface area contributed by atoms with Gasteiger partial charge in [-0.2, -0.15) is 0 Å². The minimum Gasteiger partial charge on any atom is -0.490 e. The third kappa shape index (κ3) is 7.83. The summed E-state index contributed by atoms with van der Waals surface area (Å²) in [6.07, 6.45) is 3.81. The number of anilines is 1. The lowest BCUT2D eigenvalue weighted by Gasteiger charge is -2.25. The number of nitrogens with one attached hydrogen (secondary N) is 2. The van der Waals surface area contributed by atoms with Crippen LogP contribution >= 0.6 is 37.2 Å². The largest absolute Gasteiger partial charge is 0.490 e. The quantitative estimate of drug-likeness (QED) is 0.188. The van der Waals surface area contributed by atoms with Gasteiger partial charge in [0.15, 0.2) is 0 Å². The van der Waals surface area contributed by atoms with Crippen molar-refractivity contribution >= 4 is 65.4 Å². The summed E-state index contributed by atoms with van der Waals surface area (Å²) in [7, 11) is 0. The maximum Gasteiger partial charge on any atom is 0.277 e. The predicted molar refractivity (Wildman–Crippen MR) is 164 cm³/mol. The highest BCUT2D eigenvalue weighted by molar-refractivity contribution is 6.05. The van der Waals surface area contributed by atoms with Gasteiger partial charge in [-0.05, 0) is 90.8 Å². The van der Waals surface area contributed by atoms with Gasteiger partial charge in [0.05, 0.1) is 6.54 Å². The van der Waals surface area contributed by atoms with Crippen LogP contribution in [0.15, 0.2) is 85.1 Å². The van der Waals surface area contributed by atoms with Crippen LogP contribution in [0.5, 0.6) is 5.75 Å². The molecule has 39 heavy (non-hydrogen) atoms. The van der Waals surface area contributed by atoms with Crippen molar-refractivity contribution in [1.82, 2.24) is 10.3 Å². The highest BCUT2D eigenvalue weighted by Gasteiger charge is 2.20. The van der Waals surface area contributed by atoms with Crippen LogP contribution in [0.3, 0.4) is 0 Å². The number of hydrogen-bond acceptors (Lipinski definition) is 5. The molecule has 1 fully saturated rings. The number of hydrogen-bond donors (Lipinski definition) is 3. The molecule has 4 aromatic rings. The molecule has 1 aromatic heterocycles. The van der Waals surface area contributed by atoms with E-state index in [1.165, 1.54) is 0 Å². The van der Waals surface area contributed by atoms with Crippen LogP contribution in [0.4, 0.5) is 5.69 Å². The van der Waals surface area contributed by atoms with Crippen molar-refractivity contribution in [2.45, 2.75) is 25.5 Å². The molecule has 0 saturated carbocycles. The minimum absolute atomic E-state index is 0. The molecule has 10 heteroatoms. The second-order valence-electron chi connectivity index (χ2n) is 8.98. The van der Waals surface area contributed by atoms with Gasteiger partial charge >= 0.3 is 0 Å². The Morgan fingerprint density at radius 1 is 0.949 bits per heavy atom. The first-order valence-corrected chi connectivity index (χ1v) is 12.1. The van der Waals surface area contributed by atoms with Gasteiger partial charge in [0.2, 0.25) is 0 Å². The number of rotatable bonds is 7. The molecule has 3 aromatic carbocycles. The normalized spacial score (nSPS) is 12.8. The van der Waals surface area contributed by atoms with Crippen LogP contribution in [-0.2, 0) is 6.54 Å². The van der Waals surface area contributed by atoms with Crippen molar-refractivity contribution in [3.8, 4) is 5.75 Å². The zero-order valence-corrected chi connectivity index (χ0v) is 23.7. The summed E-state index contributed by atoms with van der Waals surface area (Å²) in [5.74, 6) is 0.652. The van der Waals surface area contributed by atoms with Crippen molar-refractivity contribution < 1.29 is 9.53 Å². The number of benzene rings is 3. The van der Waals surface area contributed by atoms with Gasteiger partial charge in [0, 0.05) is 17.4 Å². The van der Waals surface area contributed by atoms with E-state index in [9.17, 15) is 4.79 Å². The number of ether oxygens (including phenoxy) is 1. The fraction of sp³-hybridized carbons (Fsp3) is 0.207. The molecule has 0 bridgehead atoms. The minimum atomic E-state index is -0.180. The smallest absolute Gasteiger partial charge is 0.277 e. The molecule has 1 amide bonds. The molecule has 0 unspecified atom stereocenters. The average molecular weight is 589 g/mol. The Morgan fingerprint density at radius 2 is 1.67 bits per heavy atom. The van der Waals surface area contributed by atoms with Gasteiger partial charge in [-0.15, -0.1) is 37.2 Å². The number of fused-ring (bicyclic) bond motifs is 1. The number of amides is 1. The summed E-state index contributed by atoms with van der Waals surface area (Å²) in [5, 5.41) is 13.1. The molecule has 0 radical (unpaired) electrons. The molecule has 1 saturated heterocycles. The fourth-order valence-corrected chi connectivity index (χ4v) is 4.46. The van der Waals surface area contributed by atoms with E-state index in [1.54, 1.807) is 23.2 Å². The monoisotopic (exact) mass is 587 g/mol. The van der Waals surface area contributed by atoms with Crippen LogP contribution in [0.1, 0.15) is 34.5 Å². The van der Waals surface area contributed by atoms with Gasteiger partial charge < -0.3 is 20.7 Å². The number of carbonyl (C=O) groups excluding carboxylic acids is 1. The number of nitrogen functional groups attached to an aromatic ring is 1. The van der Waals surface area contributed by atoms with Crippen molar-refractivity contribution in [2.75, 3.05) is 18.0 Å². The second kappa shape index (κ2) is 14.7. The summed E-state index contributed by atoms with van der Waals surface area (Å²) < 4.78 is 6.15. The van der Waals surface area contributed by atoms with Crippen LogP contribution in [-0.4, -0.2) is 35.9 Å². The number of nitrogens with two attached hydrogens (primary N) is 1. The van der Waals surface area contributed by atoms with Crippen molar-refractivity contribution in [3.05, 3.63) is 102 Å². The van der Waals surface area contributed by atoms with E-state index >= 15 is 0 Å². The molecule has 1 aliphatic rings. The summed E-state index contributed by atoms with van der Waals surface area (Å²) in [6.45, 7) is 2.30. The van der Waals surface area contributed by atoms with Crippen molar-refractivity contribution in [3.63, 3.8) is 0 Å². The Labute approximate surface area is 246 Å². The lowest BCUT2D eigenvalue weighted by atomic mass is 10.0. The molecule has 0 atom stereocenters. The third-order valence-electron chi connectivity index (χ3n) is 6.42. The zero-order valence-electron chi connectivity index (χ0n) is 21.2. The van der Waals surface area contributed by atoms with Gasteiger partial charge in [0.25, 0.3) is 5.91 Å². The SMILES string of the molecule is Cl.Cl.Cl.N=C(N)c1ccc2ccc(CN(C(=O)c3ccccn3)c3ccc(OC4CCNCC4)cc3)cc2c1. The number of nitrogens with zero attached hydrogens (tertiary/aromatic N) is 2. The number of pyridine rings is 1. The number of amidine groups is 1. The summed E-state index contributed by atoms with van der Waals surface area (Å²) >= 11 is 0. The van der Waals surface area contributed by atoms with Crippen LogP contribution in [0.25, 0.3) is 10.8 Å². The van der Waals surface area contributed by atoms with E-state index in [4.69, 9.17) is 15.9 Å². The molecule has 0 spiro atoms. The molecule has 4 N–H and O–H groups in total. The molecule has 5 rings (SSSR count). The lowest BCUT2D eigenvalue weighted by Crippen LogP contribution is -2.34. The maximum atomic E-state index is 13.5. The third-order valence-corrected chi connectivity index (χ3v) is 6.42. The Morgan fingerprint density at radius 3 is 2.33 bits per heavy atom. The van der Waals surface area contributed by atoms with E-state index in [2.05, 4.69) is 10.3 Å². The number of aromatic nitrogens is 1. The van der Waals surface area contributed by atoms with E-state index in [0.29, 0.717) is 17.8 Å². The van der Waals surface area contributed by atoms with Crippen LogP contribution in [0.2, 0.25) is 0 Å². The molecule has 0 aliphatic carbocycles. The summed E-state index contributed by atoms with van der Waals surface area (Å²) in [5.41, 5.74) is 8.46. The second-order valence-corrected chi connectivity index (χ2v) is 8.98. The molecule has 206 valence electrons. The van der Waals surface area contributed by atoms with Gasteiger partial charge in [-0.3, -0.25) is 15.2 Å². The van der Waals surface area contributed by atoms with E-state index < -0.39 is 0 Å². The topological polar surface area (TPSA) is 104 Å². The highest BCUT2D eigenvalue weighted by atomic mass is 35.5. The van der Waals surface area contributed by atoms with E-state index in [1.807, 2.05) is 66.7 Å². The maximum absolute atomic E-state index is 13.5. The Kier molecular flexibility index (Phi) is 12.0. The summed E-state index contributed by atoms with van der Waals surface area (Å²) in [6, 6.07) is 24.8. The fourth-order valence-electron chi connectivity index (χ4n) is 4.46. The first kappa shape index (κ1) is 31.9. The van der Waals surface area contributed by atoms with E-state index in [0.717, 1.165) is 53.7 Å². The Bertz CT molecular complexity index is 1380. The van der Waals surface area contributed by atoms with Crippen LogP contribution in [0, 0.1) is 5.41 Å². The first-order valence-electron chi connectivity index (χ1n) is 12.1. The molecule has 1 aliphatic heterocycles. The standard InChI is InChI=1S/C29H29N5O2.3ClH/c30-28(31)22-7-6-21-5-4-20(17-23(21)18-22)19-34(29(35)27-3-1-2-14-33-27)24-8-10-25(11-9-24)36-26-12-15-32-16-13-26;;;/h1-11,14,17-18,26,32H,12-13,15-16,19H2,(H3,30,31);3*1H. The van der Waals surface area contributed by atoms with Gasteiger partial charge in [-0.1, -0.05) is 30.3 Å².